The van der Waals surface area contributed by atoms with E-state index in [0.717, 1.165) is 12.5 Å². The smallest absolute Gasteiger partial charge is 0.272 e. The Morgan fingerprint density at radius 1 is 1.31 bits per heavy atom. The van der Waals surface area contributed by atoms with Crippen molar-refractivity contribution in [3.63, 3.8) is 0 Å². The lowest BCUT2D eigenvalue weighted by Crippen LogP contribution is -2.36. The summed E-state index contributed by atoms with van der Waals surface area (Å²) < 4.78 is 47.9. The summed E-state index contributed by atoms with van der Waals surface area (Å²) in [6, 6.07) is 4.94. The van der Waals surface area contributed by atoms with Gasteiger partial charge in [0.05, 0.1) is 12.5 Å². The van der Waals surface area contributed by atoms with Gasteiger partial charge in [0, 0.05) is 66.0 Å². The van der Waals surface area contributed by atoms with Crippen LogP contribution in [0.2, 0.25) is 0 Å². The summed E-state index contributed by atoms with van der Waals surface area (Å²) >= 11 is 6.59. The minimum Gasteiger partial charge on any atom is -0.472 e. The van der Waals surface area contributed by atoms with Crippen LogP contribution in [-0.4, -0.2) is 39.7 Å². The first-order chi connectivity index (χ1) is 16.6. The van der Waals surface area contributed by atoms with Crippen LogP contribution in [0.3, 0.4) is 0 Å². The number of carbonyl (C=O) groups is 1. The van der Waals surface area contributed by atoms with Crippen LogP contribution in [0.15, 0.2) is 88.3 Å². The molecular formula is C26H23ClF3N3O2. The normalized spacial score (nSPS) is 17.5. The predicted molar refractivity (Wildman–Crippen MR) is 128 cm³/mol. The molecule has 0 spiro atoms. The van der Waals surface area contributed by atoms with E-state index in [-0.39, 0.29) is 34.5 Å². The van der Waals surface area contributed by atoms with Crippen molar-refractivity contribution in [2.24, 2.45) is 0 Å². The van der Waals surface area contributed by atoms with Crippen LogP contribution in [0.5, 0.6) is 0 Å². The molecule has 9 heteroatoms. The van der Waals surface area contributed by atoms with E-state index in [0.29, 0.717) is 29.7 Å². The predicted octanol–water partition coefficient (Wildman–Crippen LogP) is 6.35. The Bertz CT molecular complexity index is 1290. The number of hydrogen-bond donors (Lipinski definition) is 0. The van der Waals surface area contributed by atoms with Crippen LogP contribution in [0.1, 0.15) is 31.4 Å². The number of pyridine rings is 1. The summed E-state index contributed by atoms with van der Waals surface area (Å²) in [5, 5.41) is -0.0380. The third-order valence-corrected chi connectivity index (χ3v) is 6.41. The van der Waals surface area contributed by atoms with E-state index in [1.54, 1.807) is 35.4 Å². The van der Waals surface area contributed by atoms with E-state index in [1.807, 2.05) is 0 Å². The third-order valence-electron chi connectivity index (χ3n) is 5.94. The molecule has 5 nitrogen and oxygen atoms in total. The van der Waals surface area contributed by atoms with Crippen LogP contribution >= 0.6 is 11.6 Å². The molecule has 2 aromatic heterocycles. The van der Waals surface area contributed by atoms with Crippen molar-refractivity contribution in [1.29, 1.82) is 0 Å². The average Bonchev–Trinajstić information content (AvgIpc) is 3.38. The van der Waals surface area contributed by atoms with E-state index in [4.69, 9.17) is 16.0 Å². The lowest BCUT2D eigenvalue weighted by atomic mass is 9.97. The SMILES string of the molecule is C=C1C(C(C)(F)F)=CC(c2ccoc2)=CN1/C(Cl)=C(\C)C(=O)N1CC=C(c2cccnc2F)CC1. The minimum absolute atomic E-state index is 0.0326. The first-order valence-corrected chi connectivity index (χ1v) is 11.2. The highest BCUT2D eigenvalue weighted by Crippen LogP contribution is 2.40. The number of hydrogen-bond acceptors (Lipinski definition) is 4. The summed E-state index contributed by atoms with van der Waals surface area (Å²) in [4.78, 5) is 19.7. The van der Waals surface area contributed by atoms with Gasteiger partial charge in [0.1, 0.15) is 5.16 Å². The zero-order chi connectivity index (χ0) is 25.3. The molecule has 0 atom stereocenters. The van der Waals surface area contributed by atoms with Crippen molar-refractivity contribution in [2.45, 2.75) is 26.2 Å². The third kappa shape index (κ3) is 4.98. The lowest BCUT2D eigenvalue weighted by molar-refractivity contribution is -0.126. The molecule has 182 valence electrons. The van der Waals surface area contributed by atoms with Gasteiger partial charge in [0.25, 0.3) is 11.8 Å². The van der Waals surface area contributed by atoms with Crippen LogP contribution in [0, 0.1) is 5.95 Å². The van der Waals surface area contributed by atoms with Gasteiger partial charge in [0.2, 0.25) is 5.95 Å². The number of amides is 1. The van der Waals surface area contributed by atoms with Crippen molar-refractivity contribution in [1.82, 2.24) is 14.8 Å². The molecule has 2 aliphatic heterocycles. The van der Waals surface area contributed by atoms with Crippen LogP contribution < -0.4 is 0 Å². The zero-order valence-electron chi connectivity index (χ0n) is 19.2. The van der Waals surface area contributed by atoms with Gasteiger partial charge >= 0.3 is 0 Å². The second kappa shape index (κ2) is 9.62. The average molecular weight is 502 g/mol. The number of furan rings is 1. The maximum absolute atomic E-state index is 14.4. The van der Waals surface area contributed by atoms with Gasteiger partial charge in [-0.3, -0.25) is 4.79 Å². The molecule has 0 unspecified atom stereocenters. The lowest BCUT2D eigenvalue weighted by Gasteiger charge is -2.33. The zero-order valence-corrected chi connectivity index (χ0v) is 20.0. The van der Waals surface area contributed by atoms with Gasteiger partial charge in [0.15, 0.2) is 0 Å². The topological polar surface area (TPSA) is 49.6 Å². The standard InChI is InChI=1S/C26H23ClF3N3O2/c1-16(25(34)32-10-6-18(7-11-32)21-5-4-9-31-24(21)28)23(27)33-14-20(19-8-12-35-15-19)13-22(17(33)2)26(3,29)30/h4-6,8-9,12-15H,2,7,10-11H2,1,3H3/b23-16+. The first-order valence-electron chi connectivity index (χ1n) is 10.9. The van der Waals surface area contributed by atoms with Gasteiger partial charge < -0.3 is 14.2 Å². The van der Waals surface area contributed by atoms with Crippen molar-refractivity contribution in [3.8, 4) is 0 Å². The van der Waals surface area contributed by atoms with Crippen LogP contribution in [0.4, 0.5) is 13.2 Å². The number of carbonyl (C=O) groups excluding carboxylic acids is 1. The fraction of sp³-hybridized carbons (Fsp3) is 0.231. The Kier molecular flexibility index (Phi) is 6.76. The fourth-order valence-electron chi connectivity index (χ4n) is 3.99. The number of alkyl halides is 2. The summed E-state index contributed by atoms with van der Waals surface area (Å²) in [6.45, 7) is 6.70. The second-order valence-electron chi connectivity index (χ2n) is 8.35. The van der Waals surface area contributed by atoms with E-state index in [9.17, 15) is 18.0 Å². The highest BCUT2D eigenvalue weighted by molar-refractivity contribution is 6.31. The molecule has 2 aromatic rings. The molecular weight excluding hydrogens is 479 g/mol. The van der Waals surface area contributed by atoms with Crippen LogP contribution in [0.25, 0.3) is 11.1 Å². The Labute approximate surface area is 206 Å². The molecule has 35 heavy (non-hydrogen) atoms. The summed E-state index contributed by atoms with van der Waals surface area (Å²) in [5.74, 6) is -4.11. The molecule has 0 N–H and O–H groups in total. The molecule has 0 aromatic carbocycles. The van der Waals surface area contributed by atoms with E-state index in [2.05, 4.69) is 11.6 Å². The molecule has 0 saturated heterocycles. The maximum Gasteiger partial charge on any atom is 0.272 e. The molecule has 4 heterocycles. The van der Waals surface area contributed by atoms with Gasteiger partial charge in [-0.2, -0.15) is 4.39 Å². The minimum atomic E-state index is -3.19. The van der Waals surface area contributed by atoms with Gasteiger partial charge in [-0.05, 0) is 43.2 Å². The highest BCUT2D eigenvalue weighted by atomic mass is 35.5. The molecule has 0 fully saturated rings. The molecule has 4 rings (SSSR count). The van der Waals surface area contributed by atoms with Crippen molar-refractivity contribution < 1.29 is 22.4 Å². The molecule has 1 amide bonds. The Hall–Kier alpha value is -3.52. The Balaban J connectivity index is 1.60. The van der Waals surface area contributed by atoms with E-state index < -0.39 is 11.9 Å². The number of allylic oxidation sites excluding steroid dienone is 3. The molecule has 2 aliphatic rings. The van der Waals surface area contributed by atoms with E-state index in [1.165, 1.54) is 36.6 Å². The molecule has 0 radical (unpaired) electrons. The molecule has 0 saturated carbocycles. The van der Waals surface area contributed by atoms with Gasteiger partial charge in [-0.1, -0.05) is 24.3 Å². The molecule has 0 aliphatic carbocycles. The second-order valence-corrected chi connectivity index (χ2v) is 8.71. The summed E-state index contributed by atoms with van der Waals surface area (Å²) in [5.41, 5.74) is 2.00. The molecule has 0 bridgehead atoms. The summed E-state index contributed by atoms with van der Waals surface area (Å²) in [6.07, 6.45) is 9.33. The highest BCUT2D eigenvalue weighted by Gasteiger charge is 2.35. The quantitative estimate of drug-likeness (QED) is 0.272. The Morgan fingerprint density at radius 2 is 2.09 bits per heavy atom. The van der Waals surface area contributed by atoms with E-state index >= 15 is 0 Å². The maximum atomic E-state index is 14.4. The number of halogens is 4. The Morgan fingerprint density at radius 3 is 2.69 bits per heavy atom. The number of nitrogens with zero attached hydrogens (tertiary/aromatic N) is 3. The van der Waals surface area contributed by atoms with Crippen molar-refractivity contribution in [2.75, 3.05) is 13.1 Å². The monoisotopic (exact) mass is 501 g/mol. The van der Waals surface area contributed by atoms with Gasteiger partial charge in [-0.25, -0.2) is 13.8 Å². The van der Waals surface area contributed by atoms with Gasteiger partial charge in [-0.15, -0.1) is 0 Å². The fourth-order valence-corrected chi connectivity index (χ4v) is 4.23. The largest absolute Gasteiger partial charge is 0.472 e. The number of rotatable bonds is 5. The first kappa shape index (κ1) is 24.6. The van der Waals surface area contributed by atoms with Crippen molar-refractivity contribution in [3.05, 3.63) is 101 Å². The number of aromatic nitrogens is 1. The van der Waals surface area contributed by atoms with Crippen LogP contribution in [-0.2, 0) is 4.79 Å². The summed E-state index contributed by atoms with van der Waals surface area (Å²) in [7, 11) is 0. The van der Waals surface area contributed by atoms with Crippen molar-refractivity contribution >= 4 is 28.7 Å².